The molecule has 7 rings (SSSR count). The molecule has 5 aliphatic rings. The highest BCUT2D eigenvalue weighted by atomic mass is 35.5. The second-order valence-corrected chi connectivity index (χ2v) is 12.9. The Labute approximate surface area is 205 Å². The van der Waals surface area contributed by atoms with E-state index in [1.165, 1.54) is 34.6 Å². The van der Waals surface area contributed by atoms with Crippen LogP contribution in [0.1, 0.15) is 72.3 Å². The van der Waals surface area contributed by atoms with Crippen molar-refractivity contribution in [2.24, 2.45) is 29.1 Å². The van der Waals surface area contributed by atoms with Gasteiger partial charge in [0.25, 0.3) is 5.91 Å². The Morgan fingerprint density at radius 1 is 1.36 bits per heavy atom. The summed E-state index contributed by atoms with van der Waals surface area (Å²) in [7, 11) is 0. The van der Waals surface area contributed by atoms with Gasteiger partial charge in [-0.2, -0.15) is 5.10 Å². The van der Waals surface area contributed by atoms with Gasteiger partial charge in [-0.3, -0.25) is 4.79 Å². The number of halogens is 1. The summed E-state index contributed by atoms with van der Waals surface area (Å²) in [4.78, 5) is 16.1. The van der Waals surface area contributed by atoms with Gasteiger partial charge in [-0.25, -0.2) is 4.68 Å². The topological polar surface area (TPSA) is 46.9 Å². The zero-order valence-electron chi connectivity index (χ0n) is 19.9. The van der Waals surface area contributed by atoms with E-state index in [9.17, 15) is 4.79 Å². The molecule has 0 radical (unpaired) electrons. The fourth-order valence-electron chi connectivity index (χ4n) is 6.81. The summed E-state index contributed by atoms with van der Waals surface area (Å²) >= 11 is 8.50. The Hall–Kier alpha value is -1.85. The fraction of sp³-hybridized carbons (Fsp3) is 0.556. The lowest BCUT2D eigenvalue weighted by Crippen LogP contribution is -2.54. The summed E-state index contributed by atoms with van der Waals surface area (Å²) in [5.41, 5.74) is 5.19. The first-order valence-electron chi connectivity index (χ1n) is 12.3. The first kappa shape index (κ1) is 21.7. The zero-order valence-corrected chi connectivity index (χ0v) is 21.4. The average molecular weight is 482 g/mol. The van der Waals surface area contributed by atoms with Gasteiger partial charge in [0.2, 0.25) is 0 Å². The van der Waals surface area contributed by atoms with Crippen molar-refractivity contribution in [3.05, 3.63) is 44.3 Å². The van der Waals surface area contributed by atoms with Crippen LogP contribution in [0.2, 0.25) is 0 Å². The van der Waals surface area contributed by atoms with Gasteiger partial charge in [-0.15, -0.1) is 11.3 Å². The molecule has 2 bridgehead atoms. The molecule has 3 fully saturated rings. The first-order valence-corrected chi connectivity index (χ1v) is 13.5. The second-order valence-electron chi connectivity index (χ2n) is 11.2. The number of rotatable bonds is 4. The van der Waals surface area contributed by atoms with Crippen molar-refractivity contribution in [2.75, 3.05) is 6.54 Å². The van der Waals surface area contributed by atoms with E-state index >= 15 is 0 Å². The molecule has 3 saturated carbocycles. The molecule has 0 spiro atoms. The van der Waals surface area contributed by atoms with Crippen molar-refractivity contribution in [3.63, 3.8) is 0 Å². The number of carbonyl (C=O) groups is 1. The van der Waals surface area contributed by atoms with Crippen molar-refractivity contribution in [2.45, 2.75) is 59.8 Å². The minimum Gasteiger partial charge on any atom is -0.350 e. The number of carbonyl (C=O) groups excluding carboxylic acids is 1. The van der Waals surface area contributed by atoms with Crippen molar-refractivity contribution in [3.8, 4) is 11.3 Å². The lowest BCUT2D eigenvalue weighted by atomic mass is 9.45. The molecule has 1 N–H and O–H groups in total. The Balaban J connectivity index is 1.31. The molecule has 2 aromatic rings. The van der Waals surface area contributed by atoms with Crippen LogP contribution in [-0.4, -0.2) is 22.2 Å². The quantitative estimate of drug-likeness (QED) is 0.454. The Kier molecular flexibility index (Phi) is 4.97. The van der Waals surface area contributed by atoms with Gasteiger partial charge in [0.15, 0.2) is 5.69 Å². The predicted octanol–water partition coefficient (Wildman–Crippen LogP) is 6.63. The maximum absolute atomic E-state index is 13.4. The monoisotopic (exact) mass is 481 g/mol. The van der Waals surface area contributed by atoms with E-state index in [-0.39, 0.29) is 5.91 Å². The molecule has 4 nitrogen and oxygen atoms in total. The van der Waals surface area contributed by atoms with E-state index in [0.29, 0.717) is 22.9 Å². The summed E-state index contributed by atoms with van der Waals surface area (Å²) in [6.45, 7) is 9.87. The van der Waals surface area contributed by atoms with Crippen LogP contribution in [-0.2, 0) is 6.42 Å². The zero-order chi connectivity index (χ0) is 23.1. The number of allylic oxidation sites excluding steroid dienone is 4. The normalized spacial score (nSPS) is 29.0. The van der Waals surface area contributed by atoms with Gasteiger partial charge in [0.1, 0.15) is 0 Å². The number of aromatic nitrogens is 2. The SMILES string of the molecule is Cc1cc2c(s1)Cc1c(C(=O)NCC3CCC4CC3C4(C)C)nn(C3=CCC(C)C=C3Cl)c1-2. The highest BCUT2D eigenvalue weighted by Crippen LogP contribution is 2.61. The Morgan fingerprint density at radius 2 is 2.18 bits per heavy atom. The summed E-state index contributed by atoms with van der Waals surface area (Å²) in [6.07, 6.45) is 9.81. The maximum atomic E-state index is 13.4. The van der Waals surface area contributed by atoms with Crippen molar-refractivity contribution in [1.29, 1.82) is 0 Å². The Bertz CT molecular complexity index is 1210. The minimum absolute atomic E-state index is 0.0407. The number of hydrogen-bond donors (Lipinski definition) is 1. The van der Waals surface area contributed by atoms with Gasteiger partial charge in [0, 0.05) is 33.8 Å². The van der Waals surface area contributed by atoms with Crippen molar-refractivity contribution >= 4 is 34.5 Å². The number of amides is 1. The minimum atomic E-state index is -0.0407. The van der Waals surface area contributed by atoms with Gasteiger partial charge in [-0.1, -0.05) is 44.5 Å². The van der Waals surface area contributed by atoms with E-state index in [2.05, 4.69) is 51.2 Å². The van der Waals surface area contributed by atoms with Crippen LogP contribution in [0.25, 0.3) is 17.0 Å². The molecule has 1 amide bonds. The maximum Gasteiger partial charge on any atom is 0.272 e. The third-order valence-corrected chi connectivity index (χ3v) is 10.2. The summed E-state index contributed by atoms with van der Waals surface area (Å²) in [6, 6.07) is 2.23. The number of thiophene rings is 1. The molecule has 2 heterocycles. The van der Waals surface area contributed by atoms with E-state index < -0.39 is 0 Å². The van der Waals surface area contributed by atoms with Gasteiger partial charge >= 0.3 is 0 Å². The van der Waals surface area contributed by atoms with Crippen LogP contribution in [0.4, 0.5) is 0 Å². The largest absolute Gasteiger partial charge is 0.350 e. The molecule has 0 aliphatic heterocycles. The van der Waals surface area contributed by atoms with Crippen LogP contribution in [0.15, 0.2) is 23.3 Å². The van der Waals surface area contributed by atoms with Gasteiger partial charge in [-0.05, 0) is 67.8 Å². The lowest BCUT2D eigenvalue weighted by Gasteiger charge is -2.60. The fourth-order valence-corrected chi connectivity index (χ4v) is 8.23. The van der Waals surface area contributed by atoms with Gasteiger partial charge < -0.3 is 5.32 Å². The number of nitrogens with one attached hydrogen (secondary N) is 1. The van der Waals surface area contributed by atoms with E-state index in [1.807, 2.05) is 16.0 Å². The number of fused-ring (bicyclic) bond motifs is 5. The molecule has 4 unspecified atom stereocenters. The number of aryl methyl sites for hydroxylation is 1. The molecule has 0 saturated heterocycles. The molecule has 4 atom stereocenters. The lowest BCUT2D eigenvalue weighted by molar-refractivity contribution is -0.103. The molecule has 174 valence electrons. The van der Waals surface area contributed by atoms with E-state index in [4.69, 9.17) is 16.7 Å². The van der Waals surface area contributed by atoms with Crippen molar-refractivity contribution < 1.29 is 4.79 Å². The van der Waals surface area contributed by atoms with Crippen LogP contribution >= 0.6 is 22.9 Å². The van der Waals surface area contributed by atoms with Crippen LogP contribution in [0.5, 0.6) is 0 Å². The summed E-state index contributed by atoms with van der Waals surface area (Å²) < 4.78 is 1.94. The third kappa shape index (κ3) is 3.30. The smallest absolute Gasteiger partial charge is 0.272 e. The molecule has 0 aromatic carbocycles. The molecule has 2 aromatic heterocycles. The van der Waals surface area contributed by atoms with Crippen LogP contribution in [0.3, 0.4) is 0 Å². The highest BCUT2D eigenvalue weighted by molar-refractivity contribution is 7.12. The second kappa shape index (κ2) is 7.58. The number of hydrogen-bond acceptors (Lipinski definition) is 3. The molecule has 33 heavy (non-hydrogen) atoms. The highest BCUT2D eigenvalue weighted by Gasteiger charge is 2.54. The summed E-state index contributed by atoms with van der Waals surface area (Å²) in [5.74, 6) is 2.56. The predicted molar refractivity (Wildman–Crippen MR) is 136 cm³/mol. The standard InChI is InChI=1S/C27H32ClN3OS/c1-14-5-8-22(21(28)9-14)31-25-18-10-15(2)33-23(18)12-19(25)24(30-31)26(32)29-13-16-6-7-17-11-20(16)27(17,3)4/h8-10,14,16-17,20H,5-7,11-13H2,1-4H3,(H,29,32). The van der Waals surface area contributed by atoms with Crippen molar-refractivity contribution in [1.82, 2.24) is 15.1 Å². The third-order valence-electron chi connectivity index (χ3n) is 8.84. The molecular formula is C27H32ClN3OS. The molecular weight excluding hydrogens is 450 g/mol. The average Bonchev–Trinajstić information content (AvgIpc) is 3.41. The molecule has 5 aliphatic carbocycles. The number of nitrogens with zero attached hydrogens (tertiary/aromatic N) is 2. The summed E-state index contributed by atoms with van der Waals surface area (Å²) in [5, 5.41) is 8.87. The first-order chi connectivity index (χ1) is 15.7. The van der Waals surface area contributed by atoms with Crippen LogP contribution in [0, 0.1) is 36.0 Å². The van der Waals surface area contributed by atoms with E-state index in [0.717, 1.165) is 53.2 Å². The molecule has 6 heteroatoms. The Morgan fingerprint density at radius 3 is 2.91 bits per heavy atom. The van der Waals surface area contributed by atoms with Crippen LogP contribution < -0.4 is 5.32 Å². The van der Waals surface area contributed by atoms with Gasteiger partial charge in [0.05, 0.1) is 16.4 Å². The van der Waals surface area contributed by atoms with E-state index in [1.54, 1.807) is 0 Å².